The second-order valence-electron chi connectivity index (χ2n) is 5.07. The summed E-state index contributed by atoms with van der Waals surface area (Å²) in [6.45, 7) is 0.850. The molecular formula is C16H21N3O2. The molecule has 0 unspecified atom stereocenters. The first-order valence-corrected chi connectivity index (χ1v) is 7.22. The molecule has 0 fully saturated rings. The van der Waals surface area contributed by atoms with Crippen LogP contribution >= 0.6 is 0 Å². The van der Waals surface area contributed by atoms with Crippen molar-refractivity contribution in [3.63, 3.8) is 0 Å². The van der Waals surface area contributed by atoms with Crippen molar-refractivity contribution in [1.82, 2.24) is 10.3 Å². The summed E-state index contributed by atoms with van der Waals surface area (Å²) >= 11 is 0. The Kier molecular flexibility index (Phi) is 5.51. The molecule has 2 rings (SSSR count). The molecule has 0 atom stereocenters. The van der Waals surface area contributed by atoms with Crippen LogP contribution in [0.25, 0.3) is 10.9 Å². The molecule has 0 radical (unpaired) electrons. The number of benzene rings is 1. The van der Waals surface area contributed by atoms with Gasteiger partial charge in [-0.15, -0.1) is 0 Å². The molecule has 1 amide bonds. The highest BCUT2D eigenvalue weighted by atomic mass is 16.2. The van der Waals surface area contributed by atoms with Crippen molar-refractivity contribution in [2.45, 2.75) is 25.7 Å². The Bertz CT molecular complexity index is 613. The summed E-state index contributed by atoms with van der Waals surface area (Å²) in [5.41, 5.74) is 8.03. The smallest absolute Gasteiger partial charge is 0.226 e. The summed E-state index contributed by atoms with van der Waals surface area (Å²) in [5.74, 6) is -0.0266. The van der Waals surface area contributed by atoms with Crippen LogP contribution in [0, 0.1) is 0 Å². The van der Waals surface area contributed by atoms with E-state index in [0.717, 1.165) is 35.9 Å². The molecule has 0 saturated heterocycles. The number of fused-ring (bicyclic) bond motifs is 1. The lowest BCUT2D eigenvalue weighted by Gasteiger charge is -2.06. The number of unbranched alkanes of at least 4 members (excludes halogenated alkanes) is 2. The van der Waals surface area contributed by atoms with Gasteiger partial charge in [-0.1, -0.05) is 6.07 Å². The highest BCUT2D eigenvalue weighted by Gasteiger charge is 2.05. The van der Waals surface area contributed by atoms with E-state index in [1.807, 2.05) is 24.3 Å². The number of carbonyl (C=O) groups excluding carboxylic acids is 1. The van der Waals surface area contributed by atoms with E-state index in [1.54, 1.807) is 6.07 Å². The molecule has 0 aliphatic heterocycles. The minimum absolute atomic E-state index is 0.0266. The summed E-state index contributed by atoms with van der Waals surface area (Å²) in [6, 6.07) is 9.32. The monoisotopic (exact) mass is 287 g/mol. The topological polar surface area (TPSA) is 88.2 Å². The van der Waals surface area contributed by atoms with Crippen LogP contribution in [-0.4, -0.2) is 29.1 Å². The fourth-order valence-corrected chi connectivity index (χ4v) is 2.15. The molecule has 0 aliphatic carbocycles. The predicted molar refractivity (Wildman–Crippen MR) is 83.8 cm³/mol. The van der Waals surface area contributed by atoms with Gasteiger partial charge in [0.25, 0.3) is 0 Å². The van der Waals surface area contributed by atoms with Crippen LogP contribution < -0.4 is 11.1 Å². The Morgan fingerprint density at radius 2 is 2.05 bits per heavy atom. The van der Waals surface area contributed by atoms with E-state index in [-0.39, 0.29) is 18.9 Å². The molecule has 21 heavy (non-hydrogen) atoms. The number of nitrogen functional groups attached to an aromatic ring is 1. The number of aromatic nitrogens is 1. The molecule has 4 N–H and O–H groups in total. The molecule has 1 aromatic heterocycles. The van der Waals surface area contributed by atoms with Gasteiger partial charge in [0.15, 0.2) is 0 Å². The largest absolute Gasteiger partial charge is 0.399 e. The third kappa shape index (κ3) is 4.72. The standard InChI is InChI=1S/C16H21N3O2/c17-13-5-7-15-12(10-13)4-6-14(19-15)11-16(21)18-8-2-1-3-9-20/h4-7,10,20H,1-3,8-9,11,17H2,(H,18,21). The first-order valence-electron chi connectivity index (χ1n) is 7.22. The minimum Gasteiger partial charge on any atom is -0.399 e. The fraction of sp³-hybridized carbons (Fsp3) is 0.375. The number of hydrogen-bond acceptors (Lipinski definition) is 4. The van der Waals surface area contributed by atoms with Gasteiger partial charge < -0.3 is 16.2 Å². The van der Waals surface area contributed by atoms with Gasteiger partial charge >= 0.3 is 0 Å². The molecule has 2 aromatic rings. The molecule has 112 valence electrons. The van der Waals surface area contributed by atoms with Crippen molar-refractivity contribution in [3.8, 4) is 0 Å². The van der Waals surface area contributed by atoms with Gasteiger partial charge in [0.05, 0.1) is 17.6 Å². The average Bonchev–Trinajstić information content (AvgIpc) is 2.47. The zero-order chi connectivity index (χ0) is 15.1. The first kappa shape index (κ1) is 15.3. The van der Waals surface area contributed by atoms with Crippen LogP contribution in [-0.2, 0) is 11.2 Å². The number of nitrogens with one attached hydrogen (secondary N) is 1. The summed E-state index contributed by atoms with van der Waals surface area (Å²) < 4.78 is 0. The van der Waals surface area contributed by atoms with E-state index >= 15 is 0 Å². The third-order valence-corrected chi connectivity index (χ3v) is 3.27. The van der Waals surface area contributed by atoms with Crippen LogP contribution in [0.2, 0.25) is 0 Å². The SMILES string of the molecule is Nc1ccc2nc(CC(=O)NCCCCCO)ccc2c1. The number of pyridine rings is 1. The van der Waals surface area contributed by atoms with Gasteiger partial charge in [0, 0.05) is 24.2 Å². The molecule has 5 nitrogen and oxygen atoms in total. The van der Waals surface area contributed by atoms with Gasteiger partial charge in [-0.05, 0) is 43.5 Å². The van der Waals surface area contributed by atoms with Crippen LogP contribution in [0.15, 0.2) is 30.3 Å². The molecule has 0 aliphatic rings. The number of amides is 1. The molecule has 0 bridgehead atoms. The van der Waals surface area contributed by atoms with E-state index in [0.29, 0.717) is 12.2 Å². The Morgan fingerprint density at radius 1 is 1.19 bits per heavy atom. The van der Waals surface area contributed by atoms with Crippen LogP contribution in [0.1, 0.15) is 25.0 Å². The maximum absolute atomic E-state index is 11.8. The second kappa shape index (κ2) is 7.59. The highest BCUT2D eigenvalue weighted by Crippen LogP contribution is 2.16. The Morgan fingerprint density at radius 3 is 2.86 bits per heavy atom. The van der Waals surface area contributed by atoms with E-state index < -0.39 is 0 Å². The number of rotatable bonds is 7. The fourth-order valence-electron chi connectivity index (χ4n) is 2.15. The van der Waals surface area contributed by atoms with Crippen molar-refractivity contribution >= 4 is 22.5 Å². The number of nitrogens with two attached hydrogens (primary N) is 1. The van der Waals surface area contributed by atoms with E-state index in [1.165, 1.54) is 0 Å². The summed E-state index contributed by atoms with van der Waals surface area (Å²) in [7, 11) is 0. The summed E-state index contributed by atoms with van der Waals surface area (Å²) in [6.07, 6.45) is 2.87. The lowest BCUT2D eigenvalue weighted by Crippen LogP contribution is -2.26. The number of hydrogen-bond donors (Lipinski definition) is 3. The maximum atomic E-state index is 11.8. The Labute approximate surface area is 124 Å². The van der Waals surface area contributed by atoms with Gasteiger partial charge in [-0.2, -0.15) is 0 Å². The number of anilines is 1. The van der Waals surface area contributed by atoms with E-state index in [9.17, 15) is 4.79 Å². The molecule has 0 saturated carbocycles. The quantitative estimate of drug-likeness (QED) is 0.533. The van der Waals surface area contributed by atoms with Crippen molar-refractivity contribution < 1.29 is 9.90 Å². The second-order valence-corrected chi connectivity index (χ2v) is 5.07. The zero-order valence-electron chi connectivity index (χ0n) is 12.0. The lowest BCUT2D eigenvalue weighted by atomic mass is 10.1. The third-order valence-electron chi connectivity index (χ3n) is 3.27. The summed E-state index contributed by atoms with van der Waals surface area (Å²) in [4.78, 5) is 16.3. The van der Waals surface area contributed by atoms with Crippen LogP contribution in [0.3, 0.4) is 0 Å². The number of aliphatic hydroxyl groups excluding tert-OH is 1. The number of nitrogens with zero attached hydrogens (tertiary/aromatic N) is 1. The normalized spacial score (nSPS) is 10.7. The number of carbonyl (C=O) groups is 1. The van der Waals surface area contributed by atoms with Gasteiger partial charge in [-0.25, -0.2) is 0 Å². The van der Waals surface area contributed by atoms with Gasteiger partial charge in [0.2, 0.25) is 5.91 Å². The van der Waals surface area contributed by atoms with Crippen LogP contribution in [0.4, 0.5) is 5.69 Å². The van der Waals surface area contributed by atoms with Crippen molar-refractivity contribution in [1.29, 1.82) is 0 Å². The summed E-state index contributed by atoms with van der Waals surface area (Å²) in [5, 5.41) is 12.5. The Balaban J connectivity index is 1.87. The lowest BCUT2D eigenvalue weighted by molar-refractivity contribution is -0.120. The highest BCUT2D eigenvalue weighted by molar-refractivity contribution is 5.83. The van der Waals surface area contributed by atoms with E-state index in [2.05, 4.69) is 10.3 Å². The first-order chi connectivity index (χ1) is 10.2. The Hall–Kier alpha value is -2.14. The van der Waals surface area contributed by atoms with Crippen LogP contribution in [0.5, 0.6) is 0 Å². The molecular weight excluding hydrogens is 266 g/mol. The molecule has 1 aromatic carbocycles. The van der Waals surface area contributed by atoms with Crippen molar-refractivity contribution in [2.75, 3.05) is 18.9 Å². The molecule has 5 heteroatoms. The zero-order valence-corrected chi connectivity index (χ0v) is 12.0. The van der Waals surface area contributed by atoms with Crippen molar-refractivity contribution in [2.24, 2.45) is 0 Å². The molecule has 0 spiro atoms. The predicted octanol–water partition coefficient (Wildman–Crippen LogP) is 1.64. The van der Waals surface area contributed by atoms with E-state index in [4.69, 9.17) is 10.8 Å². The number of aliphatic hydroxyl groups is 1. The maximum Gasteiger partial charge on any atom is 0.226 e. The van der Waals surface area contributed by atoms with Gasteiger partial charge in [-0.3, -0.25) is 9.78 Å². The minimum atomic E-state index is -0.0266. The van der Waals surface area contributed by atoms with Gasteiger partial charge in [0.1, 0.15) is 0 Å². The average molecular weight is 287 g/mol. The molecule has 1 heterocycles. The van der Waals surface area contributed by atoms with Crippen molar-refractivity contribution in [3.05, 3.63) is 36.0 Å².